The minimum Gasteiger partial charge on any atom is -0.462 e. The molecule has 6 atom stereocenters. The Hall–Kier alpha value is -1.94. The fraction of sp³-hybridized carbons (Fsp3) is 0.947. The zero-order chi connectivity index (χ0) is 69.1. The summed E-state index contributed by atoms with van der Waals surface area (Å²) in [4.78, 5) is 72.6. The Morgan fingerprint density at radius 2 is 0.511 bits per heavy atom. The Balaban J connectivity index is 5.19. The Labute approximate surface area is 575 Å². The van der Waals surface area contributed by atoms with E-state index in [0.29, 0.717) is 25.7 Å². The van der Waals surface area contributed by atoms with Crippen LogP contribution in [0, 0.1) is 5.92 Å². The van der Waals surface area contributed by atoms with Crippen LogP contribution in [0.25, 0.3) is 0 Å². The molecule has 0 heterocycles. The SMILES string of the molecule is CCCCCCCCCCCCCCCCCCCC(=O)OC[C@H](COP(=O)(O)OC[C@@H](O)COP(=O)(O)OC[C@@H](COC(=O)CCCCCCCCC)OC(=O)CCCCCCCCCCCCCC)OC(=O)CCCCCCCCCCCCCCCCC(C)CC. The molecule has 0 rings (SSSR count). The van der Waals surface area contributed by atoms with Crippen molar-refractivity contribution in [1.82, 2.24) is 0 Å². The number of aliphatic hydroxyl groups is 1. The van der Waals surface area contributed by atoms with Crippen LogP contribution in [0.1, 0.15) is 394 Å². The zero-order valence-corrected chi connectivity index (χ0v) is 62.9. The standard InChI is InChI=1S/C75H146O17P2/c1-6-10-13-16-19-21-23-25-26-27-28-32-36-39-44-49-54-59-73(78)86-65-71(92-75(80)61-56-51-46-41-37-33-30-29-31-34-38-43-47-52-57-68(5)9-4)67-90-94(83,84)88-63-69(76)62-87-93(81,82)89-66-70(64-85-72(77)58-53-48-42-18-15-12-8-3)91-74(79)60-55-50-45-40-35-24-22-20-17-14-11-7-2/h68-71,76H,6-67H2,1-5H3,(H,81,82)(H,83,84)/t68?,69-,70+,71+/m0/s1. The average molecular weight is 1380 g/mol. The van der Waals surface area contributed by atoms with Gasteiger partial charge in [-0.05, 0) is 31.6 Å². The van der Waals surface area contributed by atoms with Crippen molar-refractivity contribution in [3.8, 4) is 0 Å². The number of carbonyl (C=O) groups is 4. The van der Waals surface area contributed by atoms with Crippen molar-refractivity contribution in [2.24, 2.45) is 5.92 Å². The number of phosphoric ester groups is 2. The largest absolute Gasteiger partial charge is 0.472 e. The van der Waals surface area contributed by atoms with Crippen molar-refractivity contribution >= 4 is 39.5 Å². The molecule has 94 heavy (non-hydrogen) atoms. The molecule has 0 saturated carbocycles. The molecule has 3 N–H and O–H groups in total. The van der Waals surface area contributed by atoms with Gasteiger partial charge in [0.2, 0.25) is 0 Å². The maximum atomic E-state index is 13.1. The van der Waals surface area contributed by atoms with Gasteiger partial charge in [0.05, 0.1) is 26.4 Å². The summed E-state index contributed by atoms with van der Waals surface area (Å²) in [6.45, 7) is 7.30. The molecule has 0 aliphatic heterocycles. The number of hydrogen-bond acceptors (Lipinski definition) is 15. The van der Waals surface area contributed by atoms with Crippen LogP contribution in [-0.2, 0) is 65.4 Å². The van der Waals surface area contributed by atoms with Gasteiger partial charge in [-0.2, -0.15) is 0 Å². The van der Waals surface area contributed by atoms with Crippen LogP contribution >= 0.6 is 15.6 Å². The summed E-state index contributed by atoms with van der Waals surface area (Å²) in [7, 11) is -9.90. The van der Waals surface area contributed by atoms with E-state index in [4.69, 9.17) is 37.0 Å². The molecule has 0 aromatic rings. The smallest absolute Gasteiger partial charge is 0.462 e. The van der Waals surface area contributed by atoms with Gasteiger partial charge in [-0.25, -0.2) is 9.13 Å². The number of unbranched alkanes of at least 4 members (excludes halogenated alkanes) is 46. The lowest BCUT2D eigenvalue weighted by Gasteiger charge is -2.21. The normalized spacial score (nSPS) is 14.3. The van der Waals surface area contributed by atoms with Crippen LogP contribution in [0.2, 0.25) is 0 Å². The van der Waals surface area contributed by atoms with E-state index in [2.05, 4.69) is 34.6 Å². The summed E-state index contributed by atoms with van der Waals surface area (Å²) < 4.78 is 68.4. The molecule has 0 spiro atoms. The lowest BCUT2D eigenvalue weighted by atomic mass is 9.99. The minimum absolute atomic E-state index is 0.107. The van der Waals surface area contributed by atoms with Crippen LogP contribution in [0.15, 0.2) is 0 Å². The van der Waals surface area contributed by atoms with Crippen LogP contribution in [-0.4, -0.2) is 96.7 Å². The van der Waals surface area contributed by atoms with Gasteiger partial charge in [0.25, 0.3) is 0 Å². The maximum absolute atomic E-state index is 13.1. The second kappa shape index (κ2) is 68.2. The molecule has 17 nitrogen and oxygen atoms in total. The Kier molecular flexibility index (Phi) is 66.8. The van der Waals surface area contributed by atoms with Crippen molar-refractivity contribution < 1.29 is 80.2 Å². The van der Waals surface area contributed by atoms with E-state index < -0.39 is 97.5 Å². The maximum Gasteiger partial charge on any atom is 0.472 e. The number of rotatable bonds is 75. The van der Waals surface area contributed by atoms with Crippen molar-refractivity contribution in [3.63, 3.8) is 0 Å². The number of ether oxygens (including phenoxy) is 4. The lowest BCUT2D eigenvalue weighted by molar-refractivity contribution is -0.161. The van der Waals surface area contributed by atoms with E-state index in [1.54, 1.807) is 0 Å². The molecule has 0 bridgehead atoms. The van der Waals surface area contributed by atoms with Crippen LogP contribution in [0.4, 0.5) is 0 Å². The predicted molar refractivity (Wildman–Crippen MR) is 382 cm³/mol. The quantitative estimate of drug-likeness (QED) is 0.0222. The summed E-state index contributed by atoms with van der Waals surface area (Å²) >= 11 is 0. The van der Waals surface area contributed by atoms with E-state index in [1.807, 2.05) is 0 Å². The van der Waals surface area contributed by atoms with Gasteiger partial charge < -0.3 is 33.8 Å². The van der Waals surface area contributed by atoms with Crippen molar-refractivity contribution in [1.29, 1.82) is 0 Å². The molecule has 0 saturated heterocycles. The fourth-order valence-electron chi connectivity index (χ4n) is 11.5. The van der Waals surface area contributed by atoms with E-state index in [9.17, 15) is 43.2 Å². The van der Waals surface area contributed by atoms with Crippen LogP contribution in [0.5, 0.6) is 0 Å². The van der Waals surface area contributed by atoms with Gasteiger partial charge in [0, 0.05) is 25.7 Å². The Morgan fingerprint density at radius 1 is 0.298 bits per heavy atom. The van der Waals surface area contributed by atoms with Gasteiger partial charge in [-0.15, -0.1) is 0 Å². The van der Waals surface area contributed by atoms with Crippen molar-refractivity contribution in [2.75, 3.05) is 39.6 Å². The van der Waals surface area contributed by atoms with Crippen LogP contribution < -0.4 is 0 Å². The highest BCUT2D eigenvalue weighted by Gasteiger charge is 2.30. The molecule has 0 aliphatic rings. The third kappa shape index (κ3) is 67.3. The van der Waals surface area contributed by atoms with Gasteiger partial charge in [0.1, 0.15) is 19.3 Å². The monoisotopic (exact) mass is 1380 g/mol. The molecular weight excluding hydrogens is 1230 g/mol. The van der Waals surface area contributed by atoms with Gasteiger partial charge >= 0.3 is 39.5 Å². The first-order chi connectivity index (χ1) is 45.6. The lowest BCUT2D eigenvalue weighted by Crippen LogP contribution is -2.30. The van der Waals surface area contributed by atoms with Gasteiger partial charge in [-0.1, -0.05) is 343 Å². The molecule has 0 aromatic heterocycles. The molecule has 0 fully saturated rings. The number of esters is 4. The molecule has 0 radical (unpaired) electrons. The summed E-state index contributed by atoms with van der Waals surface area (Å²) in [5.74, 6) is -1.27. The van der Waals surface area contributed by atoms with E-state index >= 15 is 0 Å². The van der Waals surface area contributed by atoms with E-state index in [-0.39, 0.29) is 25.7 Å². The first-order valence-corrected chi connectivity index (χ1v) is 42.2. The first-order valence-electron chi connectivity index (χ1n) is 39.2. The number of aliphatic hydroxyl groups excluding tert-OH is 1. The Morgan fingerprint density at radius 3 is 0.755 bits per heavy atom. The zero-order valence-electron chi connectivity index (χ0n) is 61.1. The number of phosphoric acid groups is 2. The molecular formula is C75H146O17P2. The fourth-order valence-corrected chi connectivity index (χ4v) is 13.1. The number of carbonyl (C=O) groups excluding carboxylic acids is 4. The average Bonchev–Trinajstić information content (AvgIpc) is 2.33. The molecule has 558 valence electrons. The summed E-state index contributed by atoms with van der Waals surface area (Å²) in [6, 6.07) is 0. The third-order valence-corrected chi connectivity index (χ3v) is 19.8. The molecule has 0 aromatic carbocycles. The summed E-state index contributed by atoms with van der Waals surface area (Å²) in [5.41, 5.74) is 0. The van der Waals surface area contributed by atoms with Crippen molar-refractivity contribution in [2.45, 2.75) is 412 Å². The third-order valence-electron chi connectivity index (χ3n) is 17.9. The van der Waals surface area contributed by atoms with E-state index in [1.165, 1.54) is 205 Å². The Bertz CT molecular complexity index is 1810. The summed E-state index contributed by atoms with van der Waals surface area (Å²) in [5, 5.41) is 10.6. The molecule has 3 unspecified atom stereocenters. The minimum atomic E-state index is -4.96. The van der Waals surface area contributed by atoms with Gasteiger partial charge in [0.15, 0.2) is 12.2 Å². The van der Waals surface area contributed by atoms with Gasteiger partial charge in [-0.3, -0.25) is 37.3 Å². The first kappa shape index (κ1) is 92.1. The van der Waals surface area contributed by atoms with Crippen LogP contribution in [0.3, 0.4) is 0 Å². The number of hydrogen-bond donors (Lipinski definition) is 3. The molecule has 19 heteroatoms. The highest BCUT2D eigenvalue weighted by Crippen LogP contribution is 2.45. The van der Waals surface area contributed by atoms with E-state index in [0.717, 1.165) is 109 Å². The second-order valence-electron chi connectivity index (χ2n) is 27.3. The summed E-state index contributed by atoms with van der Waals surface area (Å²) in [6.07, 6.45) is 56.9. The highest BCUT2D eigenvalue weighted by atomic mass is 31.2. The molecule has 0 amide bonds. The second-order valence-corrected chi connectivity index (χ2v) is 30.2. The van der Waals surface area contributed by atoms with Crippen molar-refractivity contribution in [3.05, 3.63) is 0 Å². The topological polar surface area (TPSA) is 237 Å². The predicted octanol–water partition coefficient (Wildman–Crippen LogP) is 22.1. The highest BCUT2D eigenvalue weighted by molar-refractivity contribution is 7.47. The molecule has 0 aliphatic carbocycles.